The van der Waals surface area contributed by atoms with Crippen LogP contribution in [0.25, 0.3) is 6.08 Å². The molecule has 2 rings (SSSR count). The van der Waals surface area contributed by atoms with Crippen molar-refractivity contribution in [3.8, 4) is 11.5 Å². The van der Waals surface area contributed by atoms with E-state index >= 15 is 0 Å². The van der Waals surface area contributed by atoms with Crippen molar-refractivity contribution >= 4 is 29.6 Å². The maximum absolute atomic E-state index is 11.8. The fourth-order valence-corrected chi connectivity index (χ4v) is 2.38. The van der Waals surface area contributed by atoms with Crippen LogP contribution in [-0.2, 0) is 19.1 Å². The van der Waals surface area contributed by atoms with E-state index in [0.29, 0.717) is 28.5 Å². The fourth-order valence-electron chi connectivity index (χ4n) is 2.11. The highest BCUT2D eigenvalue weighted by Crippen LogP contribution is 2.37. The summed E-state index contributed by atoms with van der Waals surface area (Å²) in [5.74, 6) is -0.237. The smallest absolute Gasteiger partial charge is 0.347 e. The average molecular weight is 355 g/mol. The van der Waals surface area contributed by atoms with Crippen molar-refractivity contribution in [2.45, 2.75) is 32.5 Å². The molecular formula is C17H19ClO6. The Balaban J connectivity index is 2.09. The second-order valence-electron chi connectivity index (χ2n) is 5.42. The number of methoxy groups -OCH3 is 1. The van der Waals surface area contributed by atoms with E-state index in [9.17, 15) is 9.59 Å². The van der Waals surface area contributed by atoms with Crippen LogP contribution in [-0.4, -0.2) is 37.9 Å². The van der Waals surface area contributed by atoms with Gasteiger partial charge in [0.25, 0.3) is 0 Å². The molecule has 24 heavy (non-hydrogen) atoms. The number of carbonyl (C=O) groups excluding carboxylic acids is 2. The molecule has 1 fully saturated rings. The first-order valence-electron chi connectivity index (χ1n) is 7.50. The Kier molecular flexibility index (Phi) is 6.09. The summed E-state index contributed by atoms with van der Waals surface area (Å²) in [5.41, 5.74) is 0.638. The standard InChI is InChI=1S/C17H19ClO6/c1-10(2)23-16-12(18)8-11(9-14(16)21-3)4-5-15(19)24-13-6-7-22-17(13)20/h4-5,8-10,13H,6-7H2,1-3H3/b5-4+/t13-/m0/s1. The van der Waals surface area contributed by atoms with E-state index in [0.717, 1.165) is 0 Å². The number of ether oxygens (including phenoxy) is 4. The van der Waals surface area contributed by atoms with Crippen LogP contribution in [0.15, 0.2) is 18.2 Å². The number of carbonyl (C=O) groups is 2. The number of hydrogen-bond acceptors (Lipinski definition) is 6. The minimum absolute atomic E-state index is 0.0565. The van der Waals surface area contributed by atoms with Gasteiger partial charge >= 0.3 is 11.9 Å². The first kappa shape index (κ1) is 18.1. The molecule has 0 amide bonds. The summed E-state index contributed by atoms with van der Waals surface area (Å²) in [6.07, 6.45) is 2.23. The molecule has 1 aliphatic heterocycles. The third-order valence-corrected chi connectivity index (χ3v) is 3.44. The van der Waals surface area contributed by atoms with Crippen LogP contribution in [0, 0.1) is 0 Å². The van der Waals surface area contributed by atoms with Gasteiger partial charge in [0.05, 0.1) is 24.8 Å². The van der Waals surface area contributed by atoms with Crippen LogP contribution >= 0.6 is 11.6 Å². The molecule has 0 radical (unpaired) electrons. The van der Waals surface area contributed by atoms with Gasteiger partial charge in [0.1, 0.15) is 0 Å². The minimum Gasteiger partial charge on any atom is -0.493 e. The summed E-state index contributed by atoms with van der Waals surface area (Å²) in [7, 11) is 1.51. The van der Waals surface area contributed by atoms with Crippen LogP contribution in [0.4, 0.5) is 0 Å². The number of cyclic esters (lactones) is 1. The molecule has 1 aromatic carbocycles. The Hall–Kier alpha value is -2.21. The second kappa shape index (κ2) is 8.06. The molecular weight excluding hydrogens is 336 g/mol. The molecule has 6 nitrogen and oxygen atoms in total. The van der Waals surface area contributed by atoms with Crippen molar-refractivity contribution in [1.82, 2.24) is 0 Å². The van der Waals surface area contributed by atoms with Gasteiger partial charge in [-0.15, -0.1) is 0 Å². The third kappa shape index (κ3) is 4.64. The Morgan fingerprint density at radius 3 is 2.75 bits per heavy atom. The molecule has 7 heteroatoms. The Morgan fingerprint density at radius 2 is 2.17 bits per heavy atom. The molecule has 1 atom stereocenters. The van der Waals surface area contributed by atoms with E-state index in [4.69, 9.17) is 30.5 Å². The van der Waals surface area contributed by atoms with E-state index < -0.39 is 18.0 Å². The van der Waals surface area contributed by atoms with Crippen molar-refractivity contribution in [3.05, 3.63) is 28.8 Å². The third-order valence-electron chi connectivity index (χ3n) is 3.16. The highest BCUT2D eigenvalue weighted by atomic mass is 35.5. The zero-order chi connectivity index (χ0) is 17.7. The average Bonchev–Trinajstić information content (AvgIpc) is 2.92. The number of hydrogen-bond donors (Lipinski definition) is 0. The van der Waals surface area contributed by atoms with Crippen LogP contribution < -0.4 is 9.47 Å². The highest BCUT2D eigenvalue weighted by molar-refractivity contribution is 6.32. The molecule has 0 bridgehead atoms. The maximum Gasteiger partial charge on any atom is 0.347 e. The molecule has 0 N–H and O–H groups in total. The van der Waals surface area contributed by atoms with Gasteiger partial charge in [-0.3, -0.25) is 0 Å². The SMILES string of the molecule is COc1cc(/C=C/C(=O)O[C@H]2CCOC2=O)cc(Cl)c1OC(C)C. The minimum atomic E-state index is -0.831. The number of halogens is 1. The van der Waals surface area contributed by atoms with Crippen LogP contribution in [0.3, 0.4) is 0 Å². The van der Waals surface area contributed by atoms with Gasteiger partial charge in [0, 0.05) is 12.5 Å². The molecule has 0 spiro atoms. The molecule has 0 aromatic heterocycles. The van der Waals surface area contributed by atoms with Crippen molar-refractivity contribution in [2.75, 3.05) is 13.7 Å². The predicted octanol–water partition coefficient (Wildman–Crippen LogP) is 3.01. The molecule has 1 heterocycles. The van der Waals surface area contributed by atoms with Crippen molar-refractivity contribution in [1.29, 1.82) is 0 Å². The lowest BCUT2D eigenvalue weighted by Gasteiger charge is -2.15. The molecule has 1 aliphatic rings. The maximum atomic E-state index is 11.8. The largest absolute Gasteiger partial charge is 0.493 e. The van der Waals surface area contributed by atoms with Gasteiger partial charge in [-0.1, -0.05) is 11.6 Å². The zero-order valence-corrected chi connectivity index (χ0v) is 14.5. The summed E-state index contributed by atoms with van der Waals surface area (Å²) >= 11 is 6.21. The first-order valence-corrected chi connectivity index (χ1v) is 7.88. The molecule has 0 aliphatic carbocycles. The first-order chi connectivity index (χ1) is 11.4. The van der Waals surface area contributed by atoms with Gasteiger partial charge < -0.3 is 18.9 Å². The molecule has 130 valence electrons. The van der Waals surface area contributed by atoms with Gasteiger partial charge in [-0.2, -0.15) is 0 Å². The number of benzene rings is 1. The zero-order valence-electron chi connectivity index (χ0n) is 13.7. The Bertz CT molecular complexity index is 653. The van der Waals surface area contributed by atoms with Gasteiger partial charge in [-0.25, -0.2) is 9.59 Å². The van der Waals surface area contributed by atoms with Gasteiger partial charge in [0.2, 0.25) is 6.10 Å². The molecule has 0 unspecified atom stereocenters. The van der Waals surface area contributed by atoms with E-state index in [2.05, 4.69) is 0 Å². The summed E-state index contributed by atoms with van der Waals surface area (Å²) in [5, 5.41) is 0.371. The van der Waals surface area contributed by atoms with Crippen molar-refractivity contribution in [3.63, 3.8) is 0 Å². The van der Waals surface area contributed by atoms with Crippen LogP contribution in [0.2, 0.25) is 5.02 Å². The van der Waals surface area contributed by atoms with E-state index in [1.54, 1.807) is 12.1 Å². The Labute approximate surface area is 145 Å². The highest BCUT2D eigenvalue weighted by Gasteiger charge is 2.29. The summed E-state index contributed by atoms with van der Waals surface area (Å²) < 4.78 is 20.7. The predicted molar refractivity (Wildman–Crippen MR) is 88.3 cm³/mol. The fraction of sp³-hybridized carbons (Fsp3) is 0.412. The summed E-state index contributed by atoms with van der Waals surface area (Å²) in [6.45, 7) is 4.03. The monoisotopic (exact) mass is 354 g/mol. The molecule has 1 aromatic rings. The quantitative estimate of drug-likeness (QED) is 0.577. The normalized spacial score (nSPS) is 17.2. The van der Waals surface area contributed by atoms with E-state index in [-0.39, 0.29) is 12.7 Å². The topological polar surface area (TPSA) is 71.1 Å². The lowest BCUT2D eigenvalue weighted by atomic mass is 10.2. The van der Waals surface area contributed by atoms with Crippen LogP contribution in [0.5, 0.6) is 11.5 Å². The second-order valence-corrected chi connectivity index (χ2v) is 5.82. The van der Waals surface area contributed by atoms with Crippen LogP contribution in [0.1, 0.15) is 25.8 Å². The van der Waals surface area contributed by atoms with Crippen molar-refractivity contribution in [2.24, 2.45) is 0 Å². The summed E-state index contributed by atoms with van der Waals surface area (Å²) in [6, 6.07) is 3.34. The number of rotatable bonds is 6. The van der Waals surface area contributed by atoms with E-state index in [1.807, 2.05) is 13.8 Å². The Morgan fingerprint density at radius 1 is 1.42 bits per heavy atom. The van der Waals surface area contributed by atoms with Gasteiger partial charge in [0.15, 0.2) is 11.5 Å². The van der Waals surface area contributed by atoms with Crippen molar-refractivity contribution < 1.29 is 28.5 Å². The number of esters is 2. The van der Waals surface area contributed by atoms with E-state index in [1.165, 1.54) is 19.3 Å². The molecule has 1 saturated heterocycles. The summed E-state index contributed by atoms with van der Waals surface area (Å²) in [4.78, 5) is 23.0. The van der Waals surface area contributed by atoms with Gasteiger partial charge in [-0.05, 0) is 37.6 Å². The molecule has 0 saturated carbocycles. The lowest BCUT2D eigenvalue weighted by molar-refractivity contribution is -0.156. The lowest BCUT2D eigenvalue weighted by Crippen LogP contribution is -2.21.